The molecule has 6 nitrogen and oxygen atoms in total. The number of anilines is 1. The first-order valence-electron chi connectivity index (χ1n) is 9.18. The smallest absolute Gasteiger partial charge is 0.251 e. The van der Waals surface area contributed by atoms with E-state index in [2.05, 4.69) is 37.9 Å². The highest BCUT2D eigenvalue weighted by Crippen LogP contribution is 2.34. The van der Waals surface area contributed by atoms with Gasteiger partial charge in [-0.1, -0.05) is 0 Å². The zero-order valence-corrected chi connectivity index (χ0v) is 17.4. The van der Waals surface area contributed by atoms with Crippen molar-refractivity contribution >= 4 is 21.6 Å². The van der Waals surface area contributed by atoms with Gasteiger partial charge in [0.25, 0.3) is 5.91 Å². The maximum absolute atomic E-state index is 12.5. The number of hydrogen-bond acceptors (Lipinski definition) is 4. The average molecular weight is 382 g/mol. The molecule has 26 heavy (non-hydrogen) atoms. The second kappa shape index (κ2) is 7.96. The number of rotatable bonds is 7. The third-order valence-electron chi connectivity index (χ3n) is 4.83. The van der Waals surface area contributed by atoms with E-state index in [0.717, 1.165) is 12.1 Å². The fraction of sp³-hybridized carbons (Fsp3) is 0.632. The molecule has 0 radical (unpaired) electrons. The Bertz CT molecular complexity index is 751. The van der Waals surface area contributed by atoms with Crippen LogP contribution >= 0.6 is 0 Å². The van der Waals surface area contributed by atoms with Gasteiger partial charge in [-0.05, 0) is 64.8 Å². The number of carbonyl (C=O) groups is 1. The maximum atomic E-state index is 12.5. The Kier molecular flexibility index (Phi) is 6.34. The lowest BCUT2D eigenvalue weighted by atomic mass is 10.1. The van der Waals surface area contributed by atoms with Crippen LogP contribution in [0.4, 0.5) is 5.69 Å². The number of benzene rings is 1. The summed E-state index contributed by atoms with van der Waals surface area (Å²) in [5.41, 5.74) is 2.16. The summed E-state index contributed by atoms with van der Waals surface area (Å²) >= 11 is 0. The highest BCUT2D eigenvalue weighted by atomic mass is 32.2. The molecule has 2 rings (SSSR count). The van der Waals surface area contributed by atoms with Crippen molar-refractivity contribution in [1.29, 1.82) is 0 Å². The second-order valence-corrected chi connectivity index (χ2v) is 9.50. The molecule has 0 saturated carbocycles. The van der Waals surface area contributed by atoms with Gasteiger partial charge in [0.1, 0.15) is 0 Å². The minimum atomic E-state index is -3.31. The summed E-state index contributed by atoms with van der Waals surface area (Å²) in [6.07, 6.45) is 1.84. The Morgan fingerprint density at radius 1 is 1.27 bits per heavy atom. The molecular weight excluding hydrogens is 350 g/mol. The number of nitrogens with one attached hydrogen (secondary N) is 1. The normalized spacial score (nSPS) is 17.3. The van der Waals surface area contributed by atoms with Crippen LogP contribution < -0.4 is 9.62 Å². The molecule has 0 fully saturated rings. The molecule has 1 atom stereocenters. The minimum absolute atomic E-state index is 0.120. The highest BCUT2D eigenvalue weighted by molar-refractivity contribution is 7.92. The van der Waals surface area contributed by atoms with Crippen LogP contribution in [-0.2, 0) is 16.4 Å². The van der Waals surface area contributed by atoms with Crippen LogP contribution in [0.15, 0.2) is 18.2 Å². The maximum Gasteiger partial charge on any atom is 0.251 e. The first-order valence-corrected chi connectivity index (χ1v) is 11.0. The summed E-state index contributed by atoms with van der Waals surface area (Å²) in [5.74, 6) is -0.120. The molecule has 0 aromatic heterocycles. The average Bonchev–Trinajstić information content (AvgIpc) is 2.85. The summed E-state index contributed by atoms with van der Waals surface area (Å²) in [7, 11) is -3.31. The van der Waals surface area contributed by atoms with Gasteiger partial charge in [0.05, 0.1) is 11.9 Å². The van der Waals surface area contributed by atoms with Crippen LogP contribution in [0.1, 0.15) is 50.5 Å². The van der Waals surface area contributed by atoms with Crippen LogP contribution in [0.2, 0.25) is 0 Å². The van der Waals surface area contributed by atoms with E-state index in [0.29, 0.717) is 36.3 Å². The number of hydrogen-bond donors (Lipinski definition) is 1. The Morgan fingerprint density at radius 3 is 2.42 bits per heavy atom. The van der Waals surface area contributed by atoms with E-state index in [4.69, 9.17) is 0 Å². The zero-order chi connectivity index (χ0) is 19.6. The predicted octanol–water partition coefficient (Wildman–Crippen LogP) is 2.25. The monoisotopic (exact) mass is 381 g/mol. The molecule has 1 aromatic carbocycles. The fourth-order valence-corrected chi connectivity index (χ4v) is 5.03. The quantitative estimate of drug-likeness (QED) is 0.786. The molecule has 7 heteroatoms. The van der Waals surface area contributed by atoms with Gasteiger partial charge in [-0.2, -0.15) is 0 Å². The Labute approximate surface area is 157 Å². The summed E-state index contributed by atoms with van der Waals surface area (Å²) in [6.45, 7) is 11.9. The number of sulfonamides is 1. The Hall–Kier alpha value is -1.60. The van der Waals surface area contributed by atoms with Gasteiger partial charge >= 0.3 is 0 Å². The number of nitrogens with zero attached hydrogens (tertiary/aromatic N) is 2. The van der Waals surface area contributed by atoms with Gasteiger partial charge in [0.15, 0.2) is 0 Å². The van der Waals surface area contributed by atoms with Crippen LogP contribution in [0.25, 0.3) is 0 Å². The fourth-order valence-electron chi connectivity index (χ4n) is 3.76. The molecule has 146 valence electrons. The summed E-state index contributed by atoms with van der Waals surface area (Å²) in [6, 6.07) is 5.99. The van der Waals surface area contributed by atoms with E-state index < -0.39 is 10.0 Å². The molecule has 1 N–H and O–H groups in total. The van der Waals surface area contributed by atoms with Crippen molar-refractivity contribution in [2.24, 2.45) is 0 Å². The lowest BCUT2D eigenvalue weighted by Crippen LogP contribution is -2.42. The third kappa shape index (κ3) is 4.57. The molecule has 0 saturated heterocycles. The summed E-state index contributed by atoms with van der Waals surface area (Å²) in [4.78, 5) is 14.8. The van der Waals surface area contributed by atoms with E-state index in [9.17, 15) is 13.2 Å². The van der Waals surface area contributed by atoms with Gasteiger partial charge in [-0.25, -0.2) is 8.42 Å². The molecule has 1 heterocycles. The van der Waals surface area contributed by atoms with Gasteiger partial charge in [0.2, 0.25) is 10.0 Å². The van der Waals surface area contributed by atoms with E-state index in [-0.39, 0.29) is 11.9 Å². The van der Waals surface area contributed by atoms with Crippen molar-refractivity contribution in [2.45, 2.75) is 59.2 Å². The van der Waals surface area contributed by atoms with Gasteiger partial charge in [-0.15, -0.1) is 0 Å². The second-order valence-electron chi connectivity index (χ2n) is 7.64. The summed E-state index contributed by atoms with van der Waals surface area (Å²) < 4.78 is 25.4. The zero-order valence-electron chi connectivity index (χ0n) is 16.6. The number of carbonyl (C=O) groups excluding carboxylic acids is 1. The van der Waals surface area contributed by atoms with Crippen LogP contribution in [0, 0.1) is 0 Å². The van der Waals surface area contributed by atoms with Gasteiger partial charge < -0.3 is 5.32 Å². The Balaban J connectivity index is 2.05. The van der Waals surface area contributed by atoms with Crippen molar-refractivity contribution in [3.8, 4) is 0 Å². The van der Waals surface area contributed by atoms with E-state index in [1.807, 2.05) is 13.0 Å². The van der Waals surface area contributed by atoms with Crippen molar-refractivity contribution in [3.05, 3.63) is 29.3 Å². The highest BCUT2D eigenvalue weighted by Gasteiger charge is 2.32. The molecule has 0 spiro atoms. The van der Waals surface area contributed by atoms with Crippen molar-refractivity contribution in [3.63, 3.8) is 0 Å². The van der Waals surface area contributed by atoms with Crippen molar-refractivity contribution < 1.29 is 13.2 Å². The molecule has 1 aliphatic rings. The van der Waals surface area contributed by atoms with E-state index in [1.165, 1.54) is 10.6 Å². The SMILES string of the molecule is CC(C)N(CCNC(=O)c1ccc2c(c1)C[C@@H](C)N2S(C)(=O)=O)C(C)C. The molecule has 1 aromatic rings. The third-order valence-corrected chi connectivity index (χ3v) is 6.11. The number of fused-ring (bicyclic) bond motifs is 1. The number of amides is 1. The van der Waals surface area contributed by atoms with E-state index in [1.54, 1.807) is 12.1 Å². The summed E-state index contributed by atoms with van der Waals surface area (Å²) in [5, 5.41) is 2.97. The Morgan fingerprint density at radius 2 is 1.88 bits per heavy atom. The first-order chi connectivity index (χ1) is 12.0. The van der Waals surface area contributed by atoms with Gasteiger partial charge in [0, 0.05) is 36.8 Å². The molecule has 1 amide bonds. The van der Waals surface area contributed by atoms with Crippen molar-refractivity contribution in [2.75, 3.05) is 23.7 Å². The van der Waals surface area contributed by atoms with Crippen LogP contribution in [-0.4, -0.2) is 56.7 Å². The first kappa shape index (κ1) is 20.7. The predicted molar refractivity (Wildman–Crippen MR) is 106 cm³/mol. The van der Waals surface area contributed by atoms with Crippen molar-refractivity contribution in [1.82, 2.24) is 10.2 Å². The molecule has 1 aliphatic heterocycles. The van der Waals surface area contributed by atoms with Crippen LogP contribution in [0.5, 0.6) is 0 Å². The molecule has 0 bridgehead atoms. The molecule has 0 unspecified atom stereocenters. The topological polar surface area (TPSA) is 69.7 Å². The van der Waals surface area contributed by atoms with Crippen LogP contribution in [0.3, 0.4) is 0 Å². The largest absolute Gasteiger partial charge is 0.351 e. The lowest BCUT2D eigenvalue weighted by molar-refractivity contribution is 0.0939. The standard InChI is InChI=1S/C19H31N3O3S/c1-13(2)21(14(3)4)10-9-20-19(23)16-7-8-18-17(12-16)11-15(5)22(18)26(6,24)25/h7-8,12-15H,9-11H2,1-6H3,(H,20,23)/t15-/m1/s1. The molecule has 0 aliphatic carbocycles. The minimum Gasteiger partial charge on any atom is -0.351 e. The molecular formula is C19H31N3O3S. The lowest BCUT2D eigenvalue weighted by Gasteiger charge is -2.30. The van der Waals surface area contributed by atoms with E-state index >= 15 is 0 Å². The van der Waals surface area contributed by atoms with Gasteiger partial charge in [-0.3, -0.25) is 14.0 Å².